The number of imidazole rings is 1. The molecular formula is C18H20N2O2. The molecule has 0 unspecified atom stereocenters. The molecule has 0 bridgehead atoms. The molecule has 114 valence electrons. The molecule has 0 radical (unpaired) electrons. The topological polar surface area (TPSA) is 47.3 Å². The predicted octanol–water partition coefficient (Wildman–Crippen LogP) is 3.71. The second-order valence-electron chi connectivity index (χ2n) is 5.57. The summed E-state index contributed by atoms with van der Waals surface area (Å²) in [4.78, 5) is 4.64. The Labute approximate surface area is 130 Å². The highest BCUT2D eigenvalue weighted by molar-refractivity contribution is 5.76. The molecule has 0 amide bonds. The van der Waals surface area contributed by atoms with Crippen molar-refractivity contribution in [1.29, 1.82) is 0 Å². The number of para-hydroxylation sites is 3. The molecule has 4 heteroatoms. The van der Waals surface area contributed by atoms with E-state index in [2.05, 4.69) is 23.4 Å². The van der Waals surface area contributed by atoms with Crippen molar-refractivity contribution in [3.8, 4) is 5.75 Å². The molecule has 0 aliphatic rings. The quantitative estimate of drug-likeness (QED) is 0.798. The summed E-state index contributed by atoms with van der Waals surface area (Å²) in [5.74, 6) is 1.30. The normalized spacial score (nSPS) is 12.8. The smallest absolute Gasteiger partial charge is 0.143 e. The average molecular weight is 296 g/mol. The van der Waals surface area contributed by atoms with Crippen molar-refractivity contribution in [3.63, 3.8) is 0 Å². The fourth-order valence-corrected chi connectivity index (χ4v) is 2.83. The number of hydrogen-bond acceptors (Lipinski definition) is 3. The summed E-state index contributed by atoms with van der Waals surface area (Å²) < 4.78 is 7.44. The molecule has 0 saturated carbocycles. The van der Waals surface area contributed by atoms with Gasteiger partial charge in [-0.2, -0.15) is 0 Å². The molecule has 3 aromatic rings. The lowest BCUT2D eigenvalue weighted by Gasteiger charge is -2.18. The Kier molecular flexibility index (Phi) is 3.86. The first-order valence-electron chi connectivity index (χ1n) is 7.41. The first-order chi connectivity index (χ1) is 10.6. The second-order valence-corrected chi connectivity index (χ2v) is 5.57. The van der Waals surface area contributed by atoms with Crippen LogP contribution in [0.1, 0.15) is 37.4 Å². The minimum atomic E-state index is -0.828. The molecule has 22 heavy (non-hydrogen) atoms. The summed E-state index contributed by atoms with van der Waals surface area (Å²) in [6.07, 6.45) is -0.828. The standard InChI is InChI=1S/C18H20N2O2/c1-12(2)20-15-10-6-5-9-14(15)19-18(20)17(21)13-8-4-7-11-16(13)22-3/h4-12,17,21H,1-3H3/t17-/m1/s1. The zero-order valence-electron chi connectivity index (χ0n) is 13.0. The zero-order valence-corrected chi connectivity index (χ0v) is 13.0. The number of rotatable bonds is 4. The molecule has 0 spiro atoms. The molecule has 4 nitrogen and oxygen atoms in total. The van der Waals surface area contributed by atoms with Crippen LogP contribution in [0.5, 0.6) is 5.75 Å². The van der Waals surface area contributed by atoms with E-state index in [0.717, 1.165) is 16.6 Å². The first kappa shape index (κ1) is 14.6. The maximum absolute atomic E-state index is 10.9. The van der Waals surface area contributed by atoms with Crippen LogP contribution in [0.3, 0.4) is 0 Å². The van der Waals surface area contributed by atoms with Crippen molar-refractivity contribution in [2.75, 3.05) is 7.11 Å². The maximum Gasteiger partial charge on any atom is 0.143 e. The van der Waals surface area contributed by atoms with Crippen molar-refractivity contribution in [2.24, 2.45) is 0 Å². The number of hydrogen-bond donors (Lipinski definition) is 1. The lowest BCUT2D eigenvalue weighted by Crippen LogP contribution is -2.12. The highest BCUT2D eigenvalue weighted by Crippen LogP contribution is 2.32. The van der Waals surface area contributed by atoms with Gasteiger partial charge in [-0.15, -0.1) is 0 Å². The summed E-state index contributed by atoms with van der Waals surface area (Å²) in [5, 5.41) is 10.9. The second kappa shape index (κ2) is 5.81. The highest BCUT2D eigenvalue weighted by atomic mass is 16.5. The highest BCUT2D eigenvalue weighted by Gasteiger charge is 2.23. The van der Waals surface area contributed by atoms with E-state index in [9.17, 15) is 5.11 Å². The van der Waals surface area contributed by atoms with Gasteiger partial charge in [0.1, 0.15) is 17.7 Å². The molecule has 1 aromatic heterocycles. The summed E-state index contributed by atoms with van der Waals surface area (Å²) in [6.45, 7) is 4.18. The van der Waals surface area contributed by atoms with Crippen LogP contribution in [0.4, 0.5) is 0 Å². The number of ether oxygens (including phenoxy) is 1. The van der Waals surface area contributed by atoms with Gasteiger partial charge in [0.2, 0.25) is 0 Å². The van der Waals surface area contributed by atoms with E-state index in [-0.39, 0.29) is 6.04 Å². The van der Waals surface area contributed by atoms with Crippen LogP contribution in [0.2, 0.25) is 0 Å². The van der Waals surface area contributed by atoms with E-state index in [1.165, 1.54) is 0 Å². The van der Waals surface area contributed by atoms with Gasteiger partial charge in [0.25, 0.3) is 0 Å². The Morgan fingerprint density at radius 1 is 1.05 bits per heavy atom. The fourth-order valence-electron chi connectivity index (χ4n) is 2.83. The molecule has 2 aromatic carbocycles. The number of aliphatic hydroxyl groups excluding tert-OH is 1. The summed E-state index contributed by atoms with van der Waals surface area (Å²) >= 11 is 0. The van der Waals surface area contributed by atoms with Crippen LogP contribution in [-0.2, 0) is 0 Å². The molecule has 1 atom stereocenters. The van der Waals surface area contributed by atoms with Gasteiger partial charge in [0, 0.05) is 11.6 Å². The number of aromatic nitrogens is 2. The summed E-state index contributed by atoms with van der Waals surface area (Å²) in [6, 6.07) is 15.6. The van der Waals surface area contributed by atoms with Gasteiger partial charge in [-0.25, -0.2) is 4.98 Å². The van der Waals surface area contributed by atoms with E-state index >= 15 is 0 Å². The van der Waals surface area contributed by atoms with Gasteiger partial charge < -0.3 is 14.4 Å². The van der Waals surface area contributed by atoms with Crippen molar-refractivity contribution in [2.45, 2.75) is 26.0 Å². The third-order valence-corrected chi connectivity index (χ3v) is 3.82. The molecule has 0 fully saturated rings. The van der Waals surface area contributed by atoms with E-state index in [1.54, 1.807) is 7.11 Å². The van der Waals surface area contributed by atoms with E-state index in [1.807, 2.05) is 48.5 Å². The van der Waals surface area contributed by atoms with Crippen LogP contribution >= 0.6 is 0 Å². The third kappa shape index (κ3) is 2.35. The minimum absolute atomic E-state index is 0.201. The SMILES string of the molecule is COc1ccccc1[C@@H](O)c1nc2ccccc2n1C(C)C. The van der Waals surface area contributed by atoms with Gasteiger partial charge in [0.05, 0.1) is 18.1 Å². The van der Waals surface area contributed by atoms with Crippen LogP contribution in [0, 0.1) is 0 Å². The number of fused-ring (bicyclic) bond motifs is 1. The number of aliphatic hydroxyl groups is 1. The fraction of sp³-hybridized carbons (Fsp3) is 0.278. The van der Waals surface area contributed by atoms with Gasteiger partial charge in [-0.3, -0.25) is 0 Å². The molecule has 3 rings (SSSR count). The Morgan fingerprint density at radius 3 is 2.45 bits per heavy atom. The van der Waals surface area contributed by atoms with Gasteiger partial charge >= 0.3 is 0 Å². The minimum Gasteiger partial charge on any atom is -0.496 e. The van der Waals surface area contributed by atoms with Gasteiger partial charge in [-0.05, 0) is 32.0 Å². The number of nitrogens with zero attached hydrogens (tertiary/aromatic N) is 2. The van der Waals surface area contributed by atoms with E-state index < -0.39 is 6.10 Å². The monoisotopic (exact) mass is 296 g/mol. The van der Waals surface area contributed by atoms with Crippen LogP contribution in [0.25, 0.3) is 11.0 Å². The molecule has 1 N–H and O–H groups in total. The van der Waals surface area contributed by atoms with Crippen LogP contribution in [0.15, 0.2) is 48.5 Å². The number of benzene rings is 2. The Hall–Kier alpha value is -2.33. The predicted molar refractivity (Wildman–Crippen MR) is 87.2 cm³/mol. The Balaban J connectivity index is 2.19. The van der Waals surface area contributed by atoms with Crippen molar-refractivity contribution in [1.82, 2.24) is 9.55 Å². The molecular weight excluding hydrogens is 276 g/mol. The lowest BCUT2D eigenvalue weighted by atomic mass is 10.1. The van der Waals surface area contributed by atoms with Crippen LogP contribution in [-0.4, -0.2) is 21.8 Å². The van der Waals surface area contributed by atoms with Gasteiger partial charge in [0.15, 0.2) is 0 Å². The average Bonchev–Trinajstić information content (AvgIpc) is 2.93. The Morgan fingerprint density at radius 2 is 1.73 bits per heavy atom. The third-order valence-electron chi connectivity index (χ3n) is 3.82. The maximum atomic E-state index is 10.9. The molecule has 0 aliphatic heterocycles. The lowest BCUT2D eigenvalue weighted by molar-refractivity contribution is 0.198. The molecule has 0 saturated heterocycles. The van der Waals surface area contributed by atoms with Crippen molar-refractivity contribution in [3.05, 3.63) is 59.9 Å². The first-order valence-corrected chi connectivity index (χ1v) is 7.41. The summed E-state index contributed by atoms with van der Waals surface area (Å²) in [5.41, 5.74) is 2.64. The summed E-state index contributed by atoms with van der Waals surface area (Å²) in [7, 11) is 1.61. The molecule has 0 aliphatic carbocycles. The van der Waals surface area contributed by atoms with Crippen molar-refractivity contribution >= 4 is 11.0 Å². The zero-order chi connectivity index (χ0) is 15.7. The largest absolute Gasteiger partial charge is 0.496 e. The molecule has 1 heterocycles. The Bertz CT molecular complexity index is 793. The van der Waals surface area contributed by atoms with E-state index in [0.29, 0.717) is 11.6 Å². The van der Waals surface area contributed by atoms with Crippen LogP contribution < -0.4 is 4.74 Å². The van der Waals surface area contributed by atoms with E-state index in [4.69, 9.17) is 4.74 Å². The van der Waals surface area contributed by atoms with Crippen molar-refractivity contribution < 1.29 is 9.84 Å². The number of methoxy groups -OCH3 is 1. The van der Waals surface area contributed by atoms with Gasteiger partial charge in [-0.1, -0.05) is 30.3 Å².